The Morgan fingerprint density at radius 3 is 2.53 bits per heavy atom. The van der Waals surface area contributed by atoms with Crippen LogP contribution in [0.1, 0.15) is 32.3 Å². The molecule has 0 bridgehead atoms. The molecule has 3 N–H and O–H groups in total. The molecule has 0 atom stereocenters. The summed E-state index contributed by atoms with van der Waals surface area (Å²) < 4.78 is 1.29. The van der Waals surface area contributed by atoms with Crippen LogP contribution in [-0.4, -0.2) is 22.5 Å². The molecule has 0 saturated heterocycles. The minimum atomic E-state index is 0.260. The van der Waals surface area contributed by atoms with Gasteiger partial charge in [-0.1, -0.05) is 42.0 Å². The second kappa shape index (κ2) is 7.50. The van der Waals surface area contributed by atoms with Crippen LogP contribution in [0.3, 0.4) is 0 Å². The Morgan fingerprint density at radius 2 is 2.05 bits per heavy atom. The lowest BCUT2D eigenvalue weighted by molar-refractivity contribution is 0.574. The summed E-state index contributed by atoms with van der Waals surface area (Å²) >= 11 is 10.5. The zero-order valence-electron chi connectivity index (χ0n) is 11.6. The molecule has 106 valence electrons. The highest BCUT2D eigenvalue weighted by atomic mass is 79.9. The van der Waals surface area contributed by atoms with Gasteiger partial charge in [0.15, 0.2) is 0 Å². The van der Waals surface area contributed by atoms with E-state index in [1.807, 2.05) is 30.0 Å². The lowest BCUT2D eigenvalue weighted by atomic mass is 10.0. The second-order valence-corrected chi connectivity index (χ2v) is 7.13. The summed E-state index contributed by atoms with van der Waals surface area (Å²) in [7, 11) is 0. The normalized spacial score (nSPS) is 11.4. The zero-order chi connectivity index (χ0) is 14.5. The van der Waals surface area contributed by atoms with Crippen LogP contribution in [0.4, 0.5) is 5.69 Å². The van der Waals surface area contributed by atoms with Crippen LogP contribution < -0.4 is 11.1 Å². The lowest BCUT2D eigenvalue weighted by Gasteiger charge is -2.30. The average molecular weight is 361 g/mol. The smallest absolute Gasteiger partial charge is 0.106 e. The predicted octanol–water partition coefficient (Wildman–Crippen LogP) is 4.42. The van der Waals surface area contributed by atoms with Gasteiger partial charge in [-0.3, -0.25) is 0 Å². The van der Waals surface area contributed by atoms with Gasteiger partial charge >= 0.3 is 0 Å². The molecule has 0 heterocycles. The van der Waals surface area contributed by atoms with Crippen molar-refractivity contribution >= 4 is 50.6 Å². The molecule has 0 aliphatic carbocycles. The summed E-state index contributed by atoms with van der Waals surface area (Å²) in [6.07, 6.45) is 4.44. The van der Waals surface area contributed by atoms with E-state index in [0.29, 0.717) is 4.99 Å². The molecule has 1 aromatic rings. The first-order valence-electron chi connectivity index (χ1n) is 6.36. The first-order valence-corrected chi connectivity index (χ1v) is 8.79. The van der Waals surface area contributed by atoms with Gasteiger partial charge in [-0.15, -0.1) is 0 Å². The predicted molar refractivity (Wildman–Crippen MR) is 95.3 cm³/mol. The van der Waals surface area contributed by atoms with Crippen molar-refractivity contribution in [2.45, 2.75) is 31.4 Å². The van der Waals surface area contributed by atoms with Crippen molar-refractivity contribution < 1.29 is 0 Å². The molecule has 5 heteroatoms. The van der Waals surface area contributed by atoms with Crippen molar-refractivity contribution in [1.82, 2.24) is 0 Å². The largest absolute Gasteiger partial charge is 0.389 e. The van der Waals surface area contributed by atoms with Crippen molar-refractivity contribution in [3.63, 3.8) is 0 Å². The molecule has 1 rings (SSSR count). The summed E-state index contributed by atoms with van der Waals surface area (Å²) in [6.45, 7) is 5.38. The van der Waals surface area contributed by atoms with Crippen LogP contribution in [-0.2, 0) is 0 Å². The number of thiocarbonyl (C=S) groups is 1. The molecule has 2 nitrogen and oxygen atoms in total. The number of hydrogen-bond donors (Lipinski definition) is 2. The van der Waals surface area contributed by atoms with Crippen LogP contribution in [0.5, 0.6) is 0 Å². The Morgan fingerprint density at radius 1 is 1.42 bits per heavy atom. The quantitative estimate of drug-likeness (QED) is 0.706. The summed E-state index contributed by atoms with van der Waals surface area (Å²) in [5.74, 6) is 0. The highest BCUT2D eigenvalue weighted by Gasteiger charge is 2.24. The number of anilines is 1. The number of hydrogen-bond acceptors (Lipinski definition) is 3. The number of halogens is 1. The molecule has 0 aliphatic rings. The van der Waals surface area contributed by atoms with Gasteiger partial charge in [0, 0.05) is 27.0 Å². The van der Waals surface area contributed by atoms with Crippen molar-refractivity contribution in [3.05, 3.63) is 28.2 Å². The molecule has 0 fully saturated rings. The maximum Gasteiger partial charge on any atom is 0.106 e. The fourth-order valence-electron chi connectivity index (χ4n) is 1.99. The van der Waals surface area contributed by atoms with E-state index in [0.717, 1.165) is 35.1 Å². The Hall–Kier alpha value is -0.260. The van der Waals surface area contributed by atoms with E-state index in [4.69, 9.17) is 18.0 Å². The third kappa shape index (κ3) is 4.36. The fraction of sp³-hybridized carbons (Fsp3) is 0.500. The molecule has 0 amide bonds. The van der Waals surface area contributed by atoms with Gasteiger partial charge in [-0.25, -0.2) is 0 Å². The van der Waals surface area contributed by atoms with Gasteiger partial charge < -0.3 is 11.1 Å². The van der Waals surface area contributed by atoms with E-state index in [1.54, 1.807) is 0 Å². The minimum absolute atomic E-state index is 0.260. The molecular formula is C14H21BrN2S2. The van der Waals surface area contributed by atoms with E-state index in [1.165, 1.54) is 0 Å². The van der Waals surface area contributed by atoms with E-state index >= 15 is 0 Å². The number of nitrogens with two attached hydrogens (primary N) is 1. The molecule has 0 radical (unpaired) electrons. The maximum absolute atomic E-state index is 5.77. The van der Waals surface area contributed by atoms with E-state index in [2.05, 4.69) is 41.3 Å². The molecule has 1 aromatic carbocycles. The Labute approximate surface area is 134 Å². The van der Waals surface area contributed by atoms with Crippen LogP contribution >= 0.6 is 39.9 Å². The zero-order valence-corrected chi connectivity index (χ0v) is 14.8. The van der Waals surface area contributed by atoms with Crippen LogP contribution in [0.2, 0.25) is 0 Å². The maximum atomic E-state index is 5.77. The third-order valence-corrected chi connectivity index (χ3v) is 5.87. The topological polar surface area (TPSA) is 38.0 Å². The number of thioether (sulfide) groups is 1. The van der Waals surface area contributed by atoms with Gasteiger partial charge in [-0.05, 0) is 37.3 Å². The number of nitrogens with one attached hydrogen (secondary N) is 1. The molecule has 19 heavy (non-hydrogen) atoms. The highest BCUT2D eigenvalue weighted by molar-refractivity contribution is 9.10. The van der Waals surface area contributed by atoms with E-state index < -0.39 is 0 Å². The van der Waals surface area contributed by atoms with Crippen molar-refractivity contribution in [3.8, 4) is 0 Å². The van der Waals surface area contributed by atoms with Gasteiger partial charge in [0.2, 0.25) is 0 Å². The van der Waals surface area contributed by atoms with E-state index in [9.17, 15) is 0 Å². The van der Waals surface area contributed by atoms with Crippen LogP contribution in [0.25, 0.3) is 0 Å². The second-order valence-electron chi connectivity index (χ2n) is 4.50. The summed E-state index contributed by atoms with van der Waals surface area (Å²) in [5, 5.41) is 3.51. The van der Waals surface area contributed by atoms with Crippen LogP contribution in [0.15, 0.2) is 22.7 Å². The highest BCUT2D eigenvalue weighted by Crippen LogP contribution is 2.31. The standard InChI is InChI=1S/C14H21BrN2S2/c1-4-14(5-2,19-3)9-17-12-8-10(15)6-7-11(12)13(16)18/h6-8,17H,4-5,9H2,1-3H3,(H2,16,18). The summed E-state index contributed by atoms with van der Waals surface area (Å²) in [4.78, 5) is 0.428. The molecule has 0 unspecified atom stereocenters. The van der Waals surface area contributed by atoms with Gasteiger partial charge in [0.1, 0.15) is 4.99 Å². The summed E-state index contributed by atoms with van der Waals surface area (Å²) in [6, 6.07) is 5.94. The average Bonchev–Trinajstić information content (AvgIpc) is 2.40. The molecular weight excluding hydrogens is 340 g/mol. The third-order valence-electron chi connectivity index (χ3n) is 3.57. The Balaban J connectivity index is 2.93. The van der Waals surface area contributed by atoms with Crippen molar-refractivity contribution in [1.29, 1.82) is 0 Å². The monoisotopic (exact) mass is 360 g/mol. The molecule has 0 spiro atoms. The lowest BCUT2D eigenvalue weighted by Crippen LogP contribution is -2.32. The van der Waals surface area contributed by atoms with Crippen LogP contribution in [0, 0.1) is 0 Å². The van der Waals surface area contributed by atoms with Gasteiger partial charge in [0.05, 0.1) is 0 Å². The van der Waals surface area contributed by atoms with Crippen molar-refractivity contribution in [2.24, 2.45) is 5.73 Å². The van der Waals surface area contributed by atoms with Gasteiger partial charge in [0.25, 0.3) is 0 Å². The Kier molecular flexibility index (Phi) is 6.63. The van der Waals surface area contributed by atoms with Crippen molar-refractivity contribution in [2.75, 3.05) is 18.1 Å². The molecule has 0 aliphatic heterocycles. The SMILES string of the molecule is CCC(CC)(CNc1cc(Br)ccc1C(N)=S)SC. The first kappa shape index (κ1) is 16.8. The summed E-state index contributed by atoms with van der Waals surface area (Å²) in [5.41, 5.74) is 7.68. The first-order chi connectivity index (χ1) is 8.98. The van der Waals surface area contributed by atoms with E-state index in [-0.39, 0.29) is 4.75 Å². The fourth-order valence-corrected chi connectivity index (χ4v) is 3.33. The number of rotatable bonds is 7. The molecule has 0 saturated carbocycles. The molecule has 0 aromatic heterocycles. The minimum Gasteiger partial charge on any atom is -0.389 e. The number of benzene rings is 1. The Bertz CT molecular complexity index is 437. The van der Waals surface area contributed by atoms with Gasteiger partial charge in [-0.2, -0.15) is 11.8 Å².